The Kier molecular flexibility index (Phi) is 6.32. The second kappa shape index (κ2) is 7.87. The summed E-state index contributed by atoms with van der Waals surface area (Å²) in [6.45, 7) is 6.18. The number of nitrogens with one attached hydrogen (secondary N) is 1. The topological polar surface area (TPSA) is 46.2 Å². The Morgan fingerprint density at radius 2 is 1.58 bits per heavy atom. The fraction of sp³-hybridized carbons (Fsp3) is 0.333. The SMILES string of the molecule is CCC(NS(=O)(=O)c1cc(Cl)ccc1Cl)c1ccc(C(C)C)cc1. The van der Waals surface area contributed by atoms with Gasteiger partial charge in [0, 0.05) is 11.1 Å². The molecule has 0 aliphatic carbocycles. The van der Waals surface area contributed by atoms with Crippen molar-refractivity contribution in [1.29, 1.82) is 0 Å². The van der Waals surface area contributed by atoms with Gasteiger partial charge in [-0.05, 0) is 41.7 Å². The van der Waals surface area contributed by atoms with Crippen LogP contribution in [0.25, 0.3) is 0 Å². The smallest absolute Gasteiger partial charge is 0.207 e. The van der Waals surface area contributed by atoms with Gasteiger partial charge in [-0.25, -0.2) is 13.1 Å². The van der Waals surface area contributed by atoms with Gasteiger partial charge in [-0.3, -0.25) is 0 Å². The normalized spacial score (nSPS) is 13.2. The molecule has 1 atom stereocenters. The van der Waals surface area contributed by atoms with Crippen LogP contribution in [-0.4, -0.2) is 8.42 Å². The van der Waals surface area contributed by atoms with Gasteiger partial charge in [0.25, 0.3) is 0 Å². The number of rotatable bonds is 6. The monoisotopic (exact) mass is 385 g/mol. The van der Waals surface area contributed by atoms with Crippen molar-refractivity contribution in [3.05, 3.63) is 63.6 Å². The summed E-state index contributed by atoms with van der Waals surface area (Å²) in [5.41, 5.74) is 2.14. The van der Waals surface area contributed by atoms with Crippen LogP contribution >= 0.6 is 23.2 Å². The number of benzene rings is 2. The fourth-order valence-corrected chi connectivity index (χ4v) is 4.50. The molecule has 0 saturated carbocycles. The molecule has 0 fully saturated rings. The summed E-state index contributed by atoms with van der Waals surface area (Å²) < 4.78 is 28.1. The lowest BCUT2D eigenvalue weighted by molar-refractivity contribution is 0.550. The van der Waals surface area contributed by atoms with Gasteiger partial charge in [-0.15, -0.1) is 0 Å². The molecule has 0 radical (unpaired) electrons. The molecule has 0 aliphatic rings. The van der Waals surface area contributed by atoms with Crippen LogP contribution in [-0.2, 0) is 10.0 Å². The van der Waals surface area contributed by atoms with Crippen molar-refractivity contribution in [2.75, 3.05) is 0 Å². The second-order valence-corrected chi connectivity index (χ2v) is 8.50. The van der Waals surface area contributed by atoms with Gasteiger partial charge < -0.3 is 0 Å². The number of hydrogen-bond acceptors (Lipinski definition) is 2. The van der Waals surface area contributed by atoms with Crippen molar-refractivity contribution in [2.45, 2.75) is 44.0 Å². The number of sulfonamides is 1. The first kappa shape index (κ1) is 19.3. The zero-order valence-electron chi connectivity index (χ0n) is 13.9. The van der Waals surface area contributed by atoms with E-state index in [1.165, 1.54) is 17.7 Å². The van der Waals surface area contributed by atoms with Gasteiger partial charge in [0.05, 0.1) is 5.02 Å². The van der Waals surface area contributed by atoms with Crippen LogP contribution in [0.3, 0.4) is 0 Å². The molecule has 1 unspecified atom stereocenters. The predicted octanol–water partition coefficient (Wildman–Crippen LogP) is 5.55. The van der Waals surface area contributed by atoms with Crippen molar-refractivity contribution in [1.82, 2.24) is 4.72 Å². The summed E-state index contributed by atoms with van der Waals surface area (Å²) in [7, 11) is -3.77. The van der Waals surface area contributed by atoms with Gasteiger partial charge in [0.15, 0.2) is 0 Å². The van der Waals surface area contributed by atoms with E-state index in [0.29, 0.717) is 17.4 Å². The summed E-state index contributed by atoms with van der Waals surface area (Å²) in [6, 6.07) is 12.1. The zero-order chi connectivity index (χ0) is 17.9. The average Bonchev–Trinajstić information content (AvgIpc) is 2.55. The second-order valence-electron chi connectivity index (χ2n) is 5.98. The van der Waals surface area contributed by atoms with Crippen LogP contribution < -0.4 is 4.72 Å². The fourth-order valence-electron chi connectivity index (χ4n) is 2.43. The molecule has 0 spiro atoms. The molecule has 2 aromatic rings. The van der Waals surface area contributed by atoms with E-state index in [9.17, 15) is 8.42 Å². The predicted molar refractivity (Wildman–Crippen MR) is 100 cm³/mol. The first-order valence-electron chi connectivity index (χ1n) is 7.82. The highest BCUT2D eigenvalue weighted by molar-refractivity contribution is 7.89. The minimum Gasteiger partial charge on any atom is -0.207 e. The zero-order valence-corrected chi connectivity index (χ0v) is 16.2. The van der Waals surface area contributed by atoms with E-state index >= 15 is 0 Å². The third-order valence-corrected chi connectivity index (χ3v) is 6.08. The molecule has 0 aliphatic heterocycles. The first-order valence-corrected chi connectivity index (χ1v) is 10.1. The van der Waals surface area contributed by atoms with Gasteiger partial charge in [-0.1, -0.05) is 68.2 Å². The molecule has 0 heterocycles. The van der Waals surface area contributed by atoms with Crippen LogP contribution in [0.2, 0.25) is 10.0 Å². The molecule has 0 bridgehead atoms. The van der Waals surface area contributed by atoms with Crippen molar-refractivity contribution in [3.8, 4) is 0 Å². The van der Waals surface area contributed by atoms with Gasteiger partial charge >= 0.3 is 0 Å². The maximum absolute atomic E-state index is 12.7. The summed E-state index contributed by atoms with van der Waals surface area (Å²) in [5.74, 6) is 0.432. The quantitative estimate of drug-likeness (QED) is 0.708. The standard InChI is InChI=1S/C18H21Cl2NO2S/c1-4-17(14-7-5-13(6-8-14)12(2)3)21-24(22,23)18-11-15(19)9-10-16(18)20/h5-12,17,21H,4H2,1-3H3. The number of hydrogen-bond donors (Lipinski definition) is 1. The summed E-state index contributed by atoms with van der Waals surface area (Å²) in [5, 5.41) is 0.478. The molecule has 0 amide bonds. The Labute approximate surface area is 154 Å². The molecule has 130 valence electrons. The van der Waals surface area contributed by atoms with Crippen LogP contribution in [0.15, 0.2) is 47.4 Å². The lowest BCUT2D eigenvalue weighted by Gasteiger charge is -2.19. The Hall–Kier alpha value is -1.07. The van der Waals surface area contributed by atoms with Crippen molar-refractivity contribution in [3.63, 3.8) is 0 Å². The maximum atomic E-state index is 12.7. The molecule has 24 heavy (non-hydrogen) atoms. The van der Waals surface area contributed by atoms with Gasteiger partial charge in [0.1, 0.15) is 4.90 Å². The Morgan fingerprint density at radius 1 is 1.00 bits per heavy atom. The van der Waals surface area contributed by atoms with E-state index in [1.807, 2.05) is 31.2 Å². The van der Waals surface area contributed by atoms with Crippen molar-refractivity contribution in [2.24, 2.45) is 0 Å². The maximum Gasteiger partial charge on any atom is 0.242 e. The molecule has 0 aromatic heterocycles. The van der Waals surface area contributed by atoms with E-state index in [2.05, 4.69) is 18.6 Å². The van der Waals surface area contributed by atoms with Gasteiger partial charge in [0.2, 0.25) is 10.0 Å². The third-order valence-electron chi connectivity index (χ3n) is 3.89. The molecule has 2 rings (SSSR count). The molecular formula is C18H21Cl2NO2S. The first-order chi connectivity index (χ1) is 11.2. The largest absolute Gasteiger partial charge is 0.242 e. The van der Waals surface area contributed by atoms with Crippen molar-refractivity contribution >= 4 is 33.2 Å². The average molecular weight is 386 g/mol. The van der Waals surface area contributed by atoms with E-state index < -0.39 is 10.0 Å². The molecule has 6 heteroatoms. The highest BCUT2D eigenvalue weighted by Crippen LogP contribution is 2.28. The molecule has 3 nitrogen and oxygen atoms in total. The van der Waals surface area contributed by atoms with E-state index in [4.69, 9.17) is 23.2 Å². The Morgan fingerprint density at radius 3 is 2.12 bits per heavy atom. The summed E-state index contributed by atoms with van der Waals surface area (Å²) in [4.78, 5) is -0.00563. The minimum atomic E-state index is -3.77. The molecule has 1 N–H and O–H groups in total. The van der Waals surface area contributed by atoms with Crippen LogP contribution in [0.5, 0.6) is 0 Å². The highest BCUT2D eigenvalue weighted by Gasteiger charge is 2.23. The van der Waals surface area contributed by atoms with E-state index in [-0.39, 0.29) is 16.0 Å². The van der Waals surface area contributed by atoms with Gasteiger partial charge in [-0.2, -0.15) is 0 Å². The van der Waals surface area contributed by atoms with Crippen LogP contribution in [0, 0.1) is 0 Å². The lowest BCUT2D eigenvalue weighted by atomic mass is 9.98. The van der Waals surface area contributed by atoms with E-state index in [1.54, 1.807) is 6.07 Å². The lowest BCUT2D eigenvalue weighted by Crippen LogP contribution is -2.28. The Balaban J connectivity index is 2.30. The Bertz CT molecular complexity index is 802. The number of halogens is 2. The summed E-state index contributed by atoms with van der Waals surface area (Å²) in [6.07, 6.45) is 0.623. The molecule has 2 aromatic carbocycles. The van der Waals surface area contributed by atoms with Crippen molar-refractivity contribution < 1.29 is 8.42 Å². The molecule has 0 saturated heterocycles. The van der Waals surface area contributed by atoms with Crippen LogP contribution in [0.4, 0.5) is 0 Å². The molecular weight excluding hydrogens is 365 g/mol. The van der Waals surface area contributed by atoms with Crippen LogP contribution in [0.1, 0.15) is 50.3 Å². The van der Waals surface area contributed by atoms with E-state index in [0.717, 1.165) is 5.56 Å². The highest BCUT2D eigenvalue weighted by atomic mass is 35.5. The third kappa shape index (κ3) is 4.51. The summed E-state index contributed by atoms with van der Waals surface area (Å²) >= 11 is 11.9. The minimum absolute atomic E-state index is 0.00563.